The molecule has 2 heterocycles. The highest BCUT2D eigenvalue weighted by molar-refractivity contribution is 7.88. The van der Waals surface area contributed by atoms with E-state index in [0.29, 0.717) is 19.7 Å². The van der Waals surface area contributed by atoms with Crippen molar-refractivity contribution in [1.29, 1.82) is 0 Å². The SMILES string of the molecule is COCCN(C1CCN(CC2C(c3ccccc3)=Nc3c(OC)cccc32)C1)S(C)(=O)=O. The van der Waals surface area contributed by atoms with E-state index in [0.717, 1.165) is 47.8 Å². The number of fused-ring (bicyclic) bond motifs is 1. The van der Waals surface area contributed by atoms with Crippen molar-refractivity contribution in [1.82, 2.24) is 9.21 Å². The van der Waals surface area contributed by atoms with Crippen LogP contribution in [-0.4, -0.2) is 82.6 Å². The Balaban J connectivity index is 1.57. The second kappa shape index (κ2) is 9.70. The number of methoxy groups -OCH3 is 2. The van der Waals surface area contributed by atoms with Crippen molar-refractivity contribution in [3.05, 3.63) is 59.7 Å². The molecular weight excluding hydrogens is 426 g/mol. The first-order valence-electron chi connectivity index (χ1n) is 10.9. The van der Waals surface area contributed by atoms with Crippen LogP contribution in [0.15, 0.2) is 53.5 Å². The van der Waals surface area contributed by atoms with Gasteiger partial charge in [-0.15, -0.1) is 0 Å². The third-order valence-corrected chi connectivity index (χ3v) is 7.63. The first-order valence-corrected chi connectivity index (χ1v) is 12.8. The van der Waals surface area contributed by atoms with E-state index < -0.39 is 10.0 Å². The minimum atomic E-state index is -3.30. The normalized spacial score (nSPS) is 21.1. The van der Waals surface area contributed by atoms with Crippen molar-refractivity contribution in [2.24, 2.45) is 4.99 Å². The molecule has 2 aromatic carbocycles. The smallest absolute Gasteiger partial charge is 0.211 e. The van der Waals surface area contributed by atoms with Gasteiger partial charge in [-0.25, -0.2) is 13.4 Å². The third kappa shape index (κ3) is 4.73. The average molecular weight is 458 g/mol. The van der Waals surface area contributed by atoms with Crippen molar-refractivity contribution < 1.29 is 17.9 Å². The number of benzene rings is 2. The highest BCUT2D eigenvalue weighted by atomic mass is 32.2. The standard InChI is InChI=1S/C24H31N3O4S/c1-30-15-14-27(32(3,28)29)19-12-13-26(16-19)17-21-20-10-7-11-22(31-2)24(20)25-23(21)18-8-5-4-6-9-18/h4-11,19,21H,12-17H2,1-3H3. The molecule has 32 heavy (non-hydrogen) atoms. The molecule has 2 aliphatic heterocycles. The van der Waals surface area contributed by atoms with E-state index in [2.05, 4.69) is 23.1 Å². The van der Waals surface area contributed by atoms with E-state index in [1.807, 2.05) is 30.3 Å². The van der Waals surface area contributed by atoms with E-state index in [-0.39, 0.29) is 12.0 Å². The fourth-order valence-corrected chi connectivity index (χ4v) is 5.90. The number of hydrogen-bond acceptors (Lipinski definition) is 6. The van der Waals surface area contributed by atoms with Crippen LogP contribution in [0.25, 0.3) is 0 Å². The van der Waals surface area contributed by atoms with E-state index in [1.54, 1.807) is 18.5 Å². The summed E-state index contributed by atoms with van der Waals surface area (Å²) in [7, 11) is -0.0292. The molecule has 2 aliphatic rings. The molecule has 0 radical (unpaired) electrons. The maximum Gasteiger partial charge on any atom is 0.211 e. The molecule has 172 valence electrons. The quantitative estimate of drug-likeness (QED) is 0.579. The minimum absolute atomic E-state index is 0.0385. The van der Waals surface area contributed by atoms with Crippen LogP contribution in [0.3, 0.4) is 0 Å². The zero-order chi connectivity index (χ0) is 22.7. The maximum absolute atomic E-state index is 12.4. The van der Waals surface area contributed by atoms with E-state index >= 15 is 0 Å². The second-order valence-electron chi connectivity index (χ2n) is 8.38. The van der Waals surface area contributed by atoms with Crippen LogP contribution >= 0.6 is 0 Å². The number of rotatable bonds is 9. The summed E-state index contributed by atoms with van der Waals surface area (Å²) in [5, 5.41) is 0. The molecular formula is C24H31N3O4S. The lowest BCUT2D eigenvalue weighted by Crippen LogP contribution is -2.43. The van der Waals surface area contributed by atoms with Gasteiger partial charge in [0.2, 0.25) is 10.0 Å². The first kappa shape index (κ1) is 22.9. The van der Waals surface area contributed by atoms with Crippen molar-refractivity contribution in [3.63, 3.8) is 0 Å². The van der Waals surface area contributed by atoms with Gasteiger partial charge in [-0.05, 0) is 30.2 Å². The maximum atomic E-state index is 12.4. The van der Waals surface area contributed by atoms with Gasteiger partial charge >= 0.3 is 0 Å². The number of sulfonamides is 1. The predicted molar refractivity (Wildman–Crippen MR) is 127 cm³/mol. The molecule has 0 aromatic heterocycles. The molecule has 0 spiro atoms. The van der Waals surface area contributed by atoms with Gasteiger partial charge in [0, 0.05) is 38.7 Å². The number of likely N-dealkylation sites (tertiary alicyclic amines) is 1. The molecule has 0 saturated carbocycles. The molecule has 0 N–H and O–H groups in total. The number of para-hydroxylation sites is 1. The molecule has 4 rings (SSSR count). The number of aliphatic imine (C=N–C) groups is 1. The van der Waals surface area contributed by atoms with Crippen LogP contribution in [0.4, 0.5) is 5.69 Å². The summed E-state index contributed by atoms with van der Waals surface area (Å²) >= 11 is 0. The van der Waals surface area contributed by atoms with Crippen LogP contribution in [0.5, 0.6) is 5.75 Å². The molecule has 1 saturated heterocycles. The van der Waals surface area contributed by atoms with Crippen molar-refractivity contribution >= 4 is 21.4 Å². The summed E-state index contributed by atoms with van der Waals surface area (Å²) in [6.45, 7) is 3.11. The fraction of sp³-hybridized carbons (Fsp3) is 0.458. The zero-order valence-electron chi connectivity index (χ0n) is 18.9. The Labute approximate surface area is 190 Å². The molecule has 8 heteroatoms. The summed E-state index contributed by atoms with van der Waals surface area (Å²) < 4.78 is 37.0. The Morgan fingerprint density at radius 2 is 1.91 bits per heavy atom. The minimum Gasteiger partial charge on any atom is -0.494 e. The first-order chi connectivity index (χ1) is 15.4. The predicted octanol–water partition coefficient (Wildman–Crippen LogP) is 2.90. The van der Waals surface area contributed by atoms with Crippen LogP contribution in [0.2, 0.25) is 0 Å². The second-order valence-corrected chi connectivity index (χ2v) is 10.3. The van der Waals surface area contributed by atoms with Gasteiger partial charge in [0.1, 0.15) is 11.4 Å². The Kier molecular flexibility index (Phi) is 6.95. The van der Waals surface area contributed by atoms with Gasteiger partial charge < -0.3 is 14.4 Å². The summed E-state index contributed by atoms with van der Waals surface area (Å²) in [4.78, 5) is 7.35. The Hall–Kier alpha value is -2.26. The summed E-state index contributed by atoms with van der Waals surface area (Å²) in [5.74, 6) is 0.882. The molecule has 2 aromatic rings. The fourth-order valence-electron chi connectivity index (χ4n) is 4.78. The number of hydrogen-bond donors (Lipinski definition) is 0. The number of ether oxygens (including phenoxy) is 2. The third-order valence-electron chi connectivity index (χ3n) is 6.29. The Morgan fingerprint density at radius 3 is 2.59 bits per heavy atom. The lowest BCUT2D eigenvalue weighted by molar-refractivity contribution is 0.165. The van der Waals surface area contributed by atoms with Crippen LogP contribution in [-0.2, 0) is 14.8 Å². The molecule has 2 unspecified atom stereocenters. The lowest BCUT2D eigenvalue weighted by Gasteiger charge is -2.27. The Morgan fingerprint density at radius 1 is 1.12 bits per heavy atom. The monoisotopic (exact) mass is 457 g/mol. The van der Waals surface area contributed by atoms with E-state index in [9.17, 15) is 8.42 Å². The van der Waals surface area contributed by atoms with Crippen LogP contribution in [0, 0.1) is 0 Å². The van der Waals surface area contributed by atoms with Gasteiger partial charge in [-0.2, -0.15) is 4.31 Å². The van der Waals surface area contributed by atoms with Crippen LogP contribution < -0.4 is 4.74 Å². The summed E-state index contributed by atoms with van der Waals surface area (Å²) in [6, 6.07) is 16.3. The molecule has 7 nitrogen and oxygen atoms in total. The summed E-state index contributed by atoms with van der Waals surface area (Å²) in [6.07, 6.45) is 2.09. The highest BCUT2D eigenvalue weighted by Gasteiger charge is 2.36. The topological polar surface area (TPSA) is 71.4 Å². The van der Waals surface area contributed by atoms with E-state index in [4.69, 9.17) is 14.5 Å². The number of nitrogens with zero attached hydrogens (tertiary/aromatic N) is 3. The molecule has 0 amide bonds. The molecule has 2 atom stereocenters. The van der Waals surface area contributed by atoms with Crippen molar-refractivity contribution in [2.75, 3.05) is 53.3 Å². The highest BCUT2D eigenvalue weighted by Crippen LogP contribution is 2.44. The summed E-state index contributed by atoms with van der Waals surface area (Å²) in [5.41, 5.74) is 4.19. The van der Waals surface area contributed by atoms with Gasteiger partial charge in [0.25, 0.3) is 0 Å². The molecule has 0 bridgehead atoms. The van der Waals surface area contributed by atoms with Crippen molar-refractivity contribution in [3.8, 4) is 5.75 Å². The Bertz CT molecular complexity index is 1070. The lowest BCUT2D eigenvalue weighted by atomic mass is 9.91. The van der Waals surface area contributed by atoms with Gasteiger partial charge in [-0.3, -0.25) is 0 Å². The van der Waals surface area contributed by atoms with Crippen LogP contribution in [0.1, 0.15) is 23.5 Å². The van der Waals surface area contributed by atoms with Gasteiger partial charge in [-0.1, -0.05) is 42.5 Å². The van der Waals surface area contributed by atoms with Crippen molar-refractivity contribution in [2.45, 2.75) is 18.4 Å². The largest absolute Gasteiger partial charge is 0.494 e. The molecule has 0 aliphatic carbocycles. The van der Waals surface area contributed by atoms with Gasteiger partial charge in [0.05, 0.1) is 25.7 Å². The van der Waals surface area contributed by atoms with Gasteiger partial charge in [0.15, 0.2) is 0 Å². The molecule has 1 fully saturated rings. The zero-order valence-corrected chi connectivity index (χ0v) is 19.7. The average Bonchev–Trinajstić information content (AvgIpc) is 3.39. The van der Waals surface area contributed by atoms with E-state index in [1.165, 1.54) is 6.26 Å².